The molecule has 0 saturated carbocycles. The molecule has 0 aliphatic carbocycles. The number of halogens is 1. The van der Waals surface area contributed by atoms with Crippen LogP contribution in [0.1, 0.15) is 17.3 Å². The van der Waals surface area contributed by atoms with Crippen LogP contribution in [0.3, 0.4) is 0 Å². The van der Waals surface area contributed by atoms with Gasteiger partial charge in [0.2, 0.25) is 0 Å². The molecule has 2 aromatic rings. The Labute approximate surface area is 111 Å². The van der Waals surface area contributed by atoms with E-state index in [1.165, 1.54) is 0 Å². The molecule has 0 amide bonds. The Balaban J connectivity index is 2.51. The minimum atomic E-state index is -0.348. The van der Waals surface area contributed by atoms with E-state index < -0.39 is 0 Å². The summed E-state index contributed by atoms with van der Waals surface area (Å²) >= 11 is 5.94. The lowest BCUT2D eigenvalue weighted by molar-refractivity contribution is 0.0527. The molecular weight excluding hydrogens is 248 g/mol. The van der Waals surface area contributed by atoms with E-state index in [1.807, 2.05) is 36.4 Å². The number of benzene rings is 2. The second-order valence-electron chi connectivity index (χ2n) is 3.78. The predicted octanol–water partition coefficient (Wildman–Crippen LogP) is 4.18. The van der Waals surface area contributed by atoms with Gasteiger partial charge in [-0.15, -0.1) is 0 Å². The maximum absolute atomic E-state index is 11.9. The molecule has 0 aliphatic heterocycles. The van der Waals surface area contributed by atoms with E-state index in [9.17, 15) is 4.79 Å². The van der Waals surface area contributed by atoms with Gasteiger partial charge < -0.3 is 4.74 Å². The van der Waals surface area contributed by atoms with Crippen LogP contribution in [0.15, 0.2) is 48.5 Å². The average Bonchev–Trinajstić information content (AvgIpc) is 2.40. The first-order valence-electron chi connectivity index (χ1n) is 5.74. The van der Waals surface area contributed by atoms with Crippen molar-refractivity contribution in [3.8, 4) is 11.1 Å². The van der Waals surface area contributed by atoms with E-state index in [1.54, 1.807) is 19.1 Å². The largest absolute Gasteiger partial charge is 0.462 e. The highest BCUT2D eigenvalue weighted by atomic mass is 35.5. The molecule has 0 aromatic heterocycles. The van der Waals surface area contributed by atoms with Gasteiger partial charge in [0.25, 0.3) is 0 Å². The molecule has 2 nitrogen and oxygen atoms in total. The summed E-state index contributed by atoms with van der Waals surface area (Å²) in [6.07, 6.45) is 0. The fourth-order valence-electron chi connectivity index (χ4n) is 1.76. The Morgan fingerprint density at radius 1 is 1.17 bits per heavy atom. The molecule has 0 fully saturated rings. The third kappa shape index (κ3) is 2.71. The van der Waals surface area contributed by atoms with E-state index in [4.69, 9.17) is 16.3 Å². The summed E-state index contributed by atoms with van der Waals surface area (Å²) in [5, 5.41) is 0.526. The molecule has 0 unspecified atom stereocenters. The number of ether oxygens (including phenoxy) is 1. The molecule has 0 bridgehead atoms. The normalized spacial score (nSPS) is 10.1. The molecule has 92 valence electrons. The van der Waals surface area contributed by atoms with Crippen molar-refractivity contribution in [2.45, 2.75) is 6.92 Å². The summed E-state index contributed by atoms with van der Waals surface area (Å²) in [7, 11) is 0. The molecule has 0 radical (unpaired) electrons. The standard InChI is InChI=1S/C15H13ClO2/c1-2-18-15(17)14-10-12(16)8-9-13(14)11-6-4-3-5-7-11/h3-10H,2H2,1H3. The fourth-order valence-corrected chi connectivity index (χ4v) is 1.94. The first-order chi connectivity index (χ1) is 8.72. The molecule has 0 saturated heterocycles. The SMILES string of the molecule is CCOC(=O)c1cc(Cl)ccc1-c1ccccc1. The van der Waals surface area contributed by atoms with E-state index >= 15 is 0 Å². The quantitative estimate of drug-likeness (QED) is 0.774. The lowest BCUT2D eigenvalue weighted by Gasteiger charge is -2.09. The summed E-state index contributed by atoms with van der Waals surface area (Å²) in [5.74, 6) is -0.348. The van der Waals surface area contributed by atoms with Crippen molar-refractivity contribution in [2.24, 2.45) is 0 Å². The van der Waals surface area contributed by atoms with Gasteiger partial charge in [-0.05, 0) is 30.2 Å². The van der Waals surface area contributed by atoms with Crippen LogP contribution in [-0.4, -0.2) is 12.6 Å². The monoisotopic (exact) mass is 260 g/mol. The highest BCUT2D eigenvalue weighted by Crippen LogP contribution is 2.27. The summed E-state index contributed by atoms with van der Waals surface area (Å²) in [5.41, 5.74) is 2.30. The number of hydrogen-bond donors (Lipinski definition) is 0. The zero-order valence-electron chi connectivity index (χ0n) is 10.0. The molecule has 0 spiro atoms. The number of carbonyl (C=O) groups is 1. The molecule has 3 heteroatoms. The van der Waals surface area contributed by atoms with Gasteiger partial charge >= 0.3 is 5.97 Å². The smallest absolute Gasteiger partial charge is 0.338 e. The van der Waals surface area contributed by atoms with Gasteiger partial charge in [0.15, 0.2) is 0 Å². The molecule has 0 N–H and O–H groups in total. The Morgan fingerprint density at radius 3 is 2.56 bits per heavy atom. The summed E-state index contributed by atoms with van der Waals surface area (Å²) in [4.78, 5) is 11.9. The second kappa shape index (κ2) is 5.69. The van der Waals surface area contributed by atoms with Crippen molar-refractivity contribution < 1.29 is 9.53 Å². The third-order valence-electron chi connectivity index (χ3n) is 2.56. The molecule has 2 rings (SSSR count). The van der Waals surface area contributed by atoms with Crippen molar-refractivity contribution in [1.29, 1.82) is 0 Å². The molecule has 0 atom stereocenters. The van der Waals surface area contributed by atoms with Gasteiger partial charge in [-0.3, -0.25) is 0 Å². The van der Waals surface area contributed by atoms with Gasteiger partial charge in [0, 0.05) is 5.02 Å². The van der Waals surface area contributed by atoms with Crippen LogP contribution in [0, 0.1) is 0 Å². The molecule has 2 aromatic carbocycles. The fraction of sp³-hybridized carbons (Fsp3) is 0.133. The van der Waals surface area contributed by atoms with Gasteiger partial charge in [0.1, 0.15) is 0 Å². The van der Waals surface area contributed by atoms with Crippen LogP contribution < -0.4 is 0 Å². The number of rotatable bonds is 3. The van der Waals surface area contributed by atoms with E-state index in [-0.39, 0.29) is 5.97 Å². The van der Waals surface area contributed by atoms with Crippen molar-refractivity contribution in [3.05, 3.63) is 59.1 Å². The lowest BCUT2D eigenvalue weighted by Crippen LogP contribution is -2.06. The topological polar surface area (TPSA) is 26.3 Å². The second-order valence-corrected chi connectivity index (χ2v) is 4.21. The van der Waals surface area contributed by atoms with Gasteiger partial charge in [0.05, 0.1) is 12.2 Å². The maximum atomic E-state index is 11.9. The van der Waals surface area contributed by atoms with E-state index in [0.717, 1.165) is 11.1 Å². The lowest BCUT2D eigenvalue weighted by atomic mass is 10.00. The van der Waals surface area contributed by atoms with Crippen LogP contribution in [0.2, 0.25) is 5.02 Å². The maximum Gasteiger partial charge on any atom is 0.338 e. The van der Waals surface area contributed by atoms with Crippen LogP contribution in [0.4, 0.5) is 0 Å². The number of carbonyl (C=O) groups excluding carboxylic acids is 1. The molecule has 18 heavy (non-hydrogen) atoms. The highest BCUT2D eigenvalue weighted by molar-refractivity contribution is 6.31. The zero-order chi connectivity index (χ0) is 13.0. The Morgan fingerprint density at radius 2 is 1.89 bits per heavy atom. The summed E-state index contributed by atoms with van der Waals surface area (Å²) < 4.78 is 5.05. The van der Waals surface area contributed by atoms with Crippen molar-refractivity contribution in [1.82, 2.24) is 0 Å². The van der Waals surface area contributed by atoms with E-state index in [0.29, 0.717) is 17.2 Å². The van der Waals surface area contributed by atoms with Crippen molar-refractivity contribution in [3.63, 3.8) is 0 Å². The Bertz CT molecular complexity index is 550. The number of esters is 1. The highest BCUT2D eigenvalue weighted by Gasteiger charge is 2.14. The number of hydrogen-bond acceptors (Lipinski definition) is 2. The van der Waals surface area contributed by atoms with Crippen LogP contribution in [0.5, 0.6) is 0 Å². The Hall–Kier alpha value is -1.80. The Kier molecular flexibility index (Phi) is 4.00. The molecule has 0 heterocycles. The van der Waals surface area contributed by atoms with Gasteiger partial charge in [-0.1, -0.05) is 48.0 Å². The first kappa shape index (κ1) is 12.7. The minimum absolute atomic E-state index is 0.347. The average molecular weight is 261 g/mol. The first-order valence-corrected chi connectivity index (χ1v) is 6.12. The summed E-state index contributed by atoms with van der Waals surface area (Å²) in [6, 6.07) is 14.9. The minimum Gasteiger partial charge on any atom is -0.462 e. The van der Waals surface area contributed by atoms with Crippen LogP contribution in [-0.2, 0) is 4.74 Å². The molecular formula is C15H13ClO2. The van der Waals surface area contributed by atoms with E-state index in [2.05, 4.69) is 0 Å². The van der Waals surface area contributed by atoms with Crippen LogP contribution in [0.25, 0.3) is 11.1 Å². The predicted molar refractivity (Wildman–Crippen MR) is 72.8 cm³/mol. The molecule has 0 aliphatic rings. The van der Waals surface area contributed by atoms with Crippen molar-refractivity contribution in [2.75, 3.05) is 6.61 Å². The van der Waals surface area contributed by atoms with Crippen molar-refractivity contribution >= 4 is 17.6 Å². The van der Waals surface area contributed by atoms with Crippen LogP contribution >= 0.6 is 11.6 Å². The zero-order valence-corrected chi connectivity index (χ0v) is 10.8. The van der Waals surface area contributed by atoms with Gasteiger partial charge in [-0.2, -0.15) is 0 Å². The van der Waals surface area contributed by atoms with Gasteiger partial charge in [-0.25, -0.2) is 4.79 Å². The summed E-state index contributed by atoms with van der Waals surface area (Å²) in [6.45, 7) is 2.13. The third-order valence-corrected chi connectivity index (χ3v) is 2.80.